The Morgan fingerprint density at radius 2 is 2.08 bits per heavy atom. The number of hydrogen-bond donors (Lipinski definition) is 1. The van der Waals surface area contributed by atoms with E-state index in [-0.39, 0.29) is 5.91 Å². The van der Waals surface area contributed by atoms with Crippen LogP contribution in [0.4, 0.5) is 0 Å². The summed E-state index contributed by atoms with van der Waals surface area (Å²) in [7, 11) is 0. The number of oxime groups is 1. The smallest absolute Gasteiger partial charge is 0.271 e. The molecule has 1 saturated heterocycles. The predicted molar refractivity (Wildman–Crippen MR) is 47.8 cm³/mol. The van der Waals surface area contributed by atoms with Crippen molar-refractivity contribution in [2.45, 2.75) is 38.1 Å². The second-order valence-electron chi connectivity index (χ2n) is 3.73. The maximum Gasteiger partial charge on any atom is 0.271 e. The lowest BCUT2D eigenvalue weighted by atomic mass is 10.2. The minimum absolute atomic E-state index is 0.0607. The first kappa shape index (κ1) is 8.53. The summed E-state index contributed by atoms with van der Waals surface area (Å²) in [5, 5.41) is 11.6. The zero-order valence-electron chi connectivity index (χ0n) is 7.57. The van der Waals surface area contributed by atoms with Gasteiger partial charge in [0.15, 0.2) is 0 Å². The van der Waals surface area contributed by atoms with E-state index in [4.69, 9.17) is 5.21 Å². The fraction of sp³-hybridized carbons (Fsp3) is 0.778. The van der Waals surface area contributed by atoms with Gasteiger partial charge in [-0.25, -0.2) is 0 Å². The van der Waals surface area contributed by atoms with Crippen molar-refractivity contribution in [2.75, 3.05) is 6.54 Å². The molecule has 0 unspecified atom stereocenters. The molecule has 2 fully saturated rings. The second kappa shape index (κ2) is 3.36. The van der Waals surface area contributed by atoms with Crippen LogP contribution in [0.3, 0.4) is 0 Å². The van der Waals surface area contributed by atoms with Crippen molar-refractivity contribution in [3.8, 4) is 0 Å². The average Bonchev–Trinajstić information content (AvgIpc) is 2.72. The number of amides is 1. The maximum atomic E-state index is 11.6. The molecule has 0 atom stereocenters. The lowest BCUT2D eigenvalue weighted by Crippen LogP contribution is -2.35. The lowest BCUT2D eigenvalue weighted by Gasteiger charge is -2.22. The molecule has 4 nitrogen and oxygen atoms in total. The van der Waals surface area contributed by atoms with E-state index in [1.807, 2.05) is 4.90 Å². The van der Waals surface area contributed by atoms with E-state index in [2.05, 4.69) is 5.16 Å². The molecule has 0 aromatic carbocycles. The zero-order valence-corrected chi connectivity index (χ0v) is 7.57. The van der Waals surface area contributed by atoms with Crippen molar-refractivity contribution in [1.82, 2.24) is 4.90 Å². The van der Waals surface area contributed by atoms with Gasteiger partial charge in [0.05, 0.1) is 0 Å². The third-order valence-electron chi connectivity index (χ3n) is 2.98. The van der Waals surface area contributed by atoms with Crippen LogP contribution >= 0.6 is 0 Å². The van der Waals surface area contributed by atoms with Crippen LogP contribution in [0.25, 0.3) is 0 Å². The predicted octanol–water partition coefficient (Wildman–Crippen LogP) is 0.991. The molecule has 2 aliphatic rings. The monoisotopic (exact) mass is 182 g/mol. The van der Waals surface area contributed by atoms with E-state index in [9.17, 15) is 4.79 Å². The van der Waals surface area contributed by atoms with Crippen LogP contribution in [-0.4, -0.2) is 34.3 Å². The summed E-state index contributed by atoms with van der Waals surface area (Å²) < 4.78 is 0. The quantitative estimate of drug-likeness (QED) is 0.485. The van der Waals surface area contributed by atoms with E-state index < -0.39 is 0 Å². The van der Waals surface area contributed by atoms with Gasteiger partial charge in [-0.2, -0.15) is 0 Å². The molecule has 0 aromatic rings. The lowest BCUT2D eigenvalue weighted by molar-refractivity contribution is -0.124. The Bertz CT molecular complexity index is 244. The van der Waals surface area contributed by atoms with Crippen molar-refractivity contribution in [2.24, 2.45) is 5.16 Å². The van der Waals surface area contributed by atoms with Gasteiger partial charge in [0, 0.05) is 19.0 Å². The van der Waals surface area contributed by atoms with Gasteiger partial charge in [-0.15, -0.1) is 0 Å². The normalized spacial score (nSPS) is 27.8. The highest BCUT2D eigenvalue weighted by molar-refractivity contribution is 6.40. The molecular weight excluding hydrogens is 168 g/mol. The number of carbonyl (C=O) groups excluding carboxylic acids is 1. The first-order valence-corrected chi connectivity index (χ1v) is 4.85. The first-order chi connectivity index (χ1) is 6.33. The van der Waals surface area contributed by atoms with Crippen LogP contribution in [0.2, 0.25) is 0 Å². The summed E-state index contributed by atoms with van der Waals surface area (Å²) in [6, 6.07) is 0.409. The molecule has 0 aromatic heterocycles. The Balaban J connectivity index is 2.05. The van der Waals surface area contributed by atoms with Crippen molar-refractivity contribution in [1.29, 1.82) is 0 Å². The topological polar surface area (TPSA) is 52.9 Å². The highest BCUT2D eigenvalue weighted by Crippen LogP contribution is 2.26. The average molecular weight is 182 g/mol. The van der Waals surface area contributed by atoms with Crippen LogP contribution < -0.4 is 0 Å². The largest absolute Gasteiger partial charge is 0.410 e. The molecule has 1 aliphatic heterocycles. The van der Waals surface area contributed by atoms with Crippen LogP contribution in [-0.2, 0) is 4.79 Å². The summed E-state index contributed by atoms with van der Waals surface area (Å²) >= 11 is 0. The third kappa shape index (κ3) is 1.41. The summed E-state index contributed by atoms with van der Waals surface area (Å²) in [4.78, 5) is 13.4. The Morgan fingerprint density at radius 3 is 2.62 bits per heavy atom. The van der Waals surface area contributed by atoms with Gasteiger partial charge < -0.3 is 10.1 Å². The number of nitrogens with zero attached hydrogens (tertiary/aromatic N) is 2. The molecule has 0 spiro atoms. The molecule has 1 aliphatic carbocycles. The molecule has 1 N–H and O–H groups in total. The standard InChI is InChI=1S/C9H14N2O2/c12-9-8(10-13)5-6-11(9)7-3-1-2-4-7/h7,13H,1-6H2/b10-8-. The van der Waals surface area contributed by atoms with Crippen LogP contribution in [0.5, 0.6) is 0 Å². The first-order valence-electron chi connectivity index (χ1n) is 4.85. The number of carbonyl (C=O) groups is 1. The summed E-state index contributed by atoms with van der Waals surface area (Å²) in [5.41, 5.74) is 0.326. The highest BCUT2D eigenvalue weighted by Gasteiger charge is 2.34. The molecule has 1 saturated carbocycles. The van der Waals surface area contributed by atoms with Crippen LogP contribution in [0.1, 0.15) is 32.1 Å². The van der Waals surface area contributed by atoms with Crippen molar-refractivity contribution < 1.29 is 10.0 Å². The maximum absolute atomic E-state index is 11.6. The van der Waals surface area contributed by atoms with Crippen molar-refractivity contribution >= 4 is 11.6 Å². The van der Waals surface area contributed by atoms with Crippen molar-refractivity contribution in [3.63, 3.8) is 0 Å². The molecule has 13 heavy (non-hydrogen) atoms. The van der Waals surface area contributed by atoms with Gasteiger partial charge >= 0.3 is 0 Å². The third-order valence-corrected chi connectivity index (χ3v) is 2.98. The van der Waals surface area contributed by atoms with Gasteiger partial charge in [-0.3, -0.25) is 4.79 Å². The van der Waals surface area contributed by atoms with Gasteiger partial charge in [0.2, 0.25) is 0 Å². The fourth-order valence-electron chi connectivity index (χ4n) is 2.26. The summed E-state index contributed by atoms with van der Waals surface area (Å²) in [5.74, 6) is -0.0607. The fourth-order valence-corrected chi connectivity index (χ4v) is 2.26. The molecule has 72 valence electrons. The summed E-state index contributed by atoms with van der Waals surface area (Å²) in [6.45, 7) is 0.739. The molecule has 0 bridgehead atoms. The molecule has 4 heteroatoms. The van der Waals surface area contributed by atoms with E-state index in [0.29, 0.717) is 18.2 Å². The molecule has 2 rings (SSSR count). The number of likely N-dealkylation sites (tertiary alicyclic amines) is 1. The zero-order chi connectivity index (χ0) is 9.26. The minimum atomic E-state index is -0.0607. The molecule has 0 radical (unpaired) electrons. The Labute approximate surface area is 77.2 Å². The minimum Gasteiger partial charge on any atom is -0.410 e. The van der Waals surface area contributed by atoms with Crippen LogP contribution in [0.15, 0.2) is 5.16 Å². The van der Waals surface area contributed by atoms with Gasteiger partial charge in [0.1, 0.15) is 5.71 Å². The van der Waals surface area contributed by atoms with Gasteiger partial charge in [-0.05, 0) is 12.8 Å². The van der Waals surface area contributed by atoms with Crippen LogP contribution in [0, 0.1) is 0 Å². The number of rotatable bonds is 1. The van der Waals surface area contributed by atoms with Gasteiger partial charge in [-0.1, -0.05) is 18.0 Å². The van der Waals surface area contributed by atoms with E-state index in [1.54, 1.807) is 0 Å². The molecule has 1 heterocycles. The Kier molecular flexibility index (Phi) is 2.20. The Morgan fingerprint density at radius 1 is 1.38 bits per heavy atom. The second-order valence-corrected chi connectivity index (χ2v) is 3.73. The molecule has 1 amide bonds. The van der Waals surface area contributed by atoms with E-state index in [1.165, 1.54) is 12.8 Å². The SMILES string of the molecule is O=C1/C(=N\O)CCN1C1CCCC1. The van der Waals surface area contributed by atoms with Gasteiger partial charge in [0.25, 0.3) is 5.91 Å². The highest BCUT2D eigenvalue weighted by atomic mass is 16.4. The van der Waals surface area contributed by atoms with E-state index in [0.717, 1.165) is 19.4 Å². The Hall–Kier alpha value is -1.06. The summed E-state index contributed by atoms with van der Waals surface area (Å²) in [6.07, 6.45) is 5.28. The van der Waals surface area contributed by atoms with E-state index >= 15 is 0 Å². The number of hydrogen-bond acceptors (Lipinski definition) is 3. The molecular formula is C9H14N2O2. The van der Waals surface area contributed by atoms with Crippen molar-refractivity contribution in [3.05, 3.63) is 0 Å².